The van der Waals surface area contributed by atoms with E-state index in [1.54, 1.807) is 31.0 Å². The number of benzene rings is 1. The van der Waals surface area contributed by atoms with E-state index in [0.29, 0.717) is 30.5 Å². The first-order chi connectivity index (χ1) is 14.2. The van der Waals surface area contributed by atoms with Crippen LogP contribution >= 0.6 is 0 Å². The van der Waals surface area contributed by atoms with Crippen LogP contribution < -0.4 is 15.2 Å². The largest absolute Gasteiger partial charge is 0.497 e. The molecule has 1 saturated heterocycles. The zero-order chi connectivity index (χ0) is 20.2. The summed E-state index contributed by atoms with van der Waals surface area (Å²) in [6.45, 7) is 1.93. The molecule has 8 heteroatoms. The summed E-state index contributed by atoms with van der Waals surface area (Å²) in [5.74, 6) is 1.44. The van der Waals surface area contributed by atoms with E-state index < -0.39 is 0 Å². The predicted molar refractivity (Wildman–Crippen MR) is 109 cm³/mol. The quantitative estimate of drug-likeness (QED) is 0.672. The first-order valence-electron chi connectivity index (χ1n) is 9.50. The van der Waals surface area contributed by atoms with Crippen LogP contribution in [0.2, 0.25) is 0 Å². The average molecular weight is 393 g/mol. The topological polar surface area (TPSA) is 82.4 Å². The van der Waals surface area contributed by atoms with Crippen molar-refractivity contribution in [3.05, 3.63) is 64.8 Å². The smallest absolute Gasteiger partial charge is 0.255 e. The van der Waals surface area contributed by atoms with Crippen LogP contribution in [-0.2, 0) is 11.8 Å². The van der Waals surface area contributed by atoms with Crippen LogP contribution in [0.15, 0.2) is 53.7 Å². The monoisotopic (exact) mass is 393 g/mol. The molecule has 0 N–H and O–H groups in total. The van der Waals surface area contributed by atoms with Crippen LogP contribution in [0.1, 0.15) is 18.1 Å². The minimum atomic E-state index is -0.125. The number of anilines is 1. The molecule has 0 radical (unpaired) electrons. The van der Waals surface area contributed by atoms with Gasteiger partial charge in [0.05, 0.1) is 31.2 Å². The van der Waals surface area contributed by atoms with Crippen molar-refractivity contribution in [2.24, 2.45) is 7.05 Å². The predicted octanol–water partition coefficient (Wildman–Crippen LogP) is 2.21. The molecule has 0 bridgehead atoms. The van der Waals surface area contributed by atoms with Gasteiger partial charge in [-0.15, -0.1) is 0 Å². The van der Waals surface area contributed by atoms with Gasteiger partial charge in [-0.05, 0) is 30.2 Å². The standard InChI is InChI=1S/C21H23N5O3/c1-25-20(27)13-18(17-7-9-22-14-23-17)24-21(25)26-10-8-19(29-12-11-26)15-3-5-16(28-2)6-4-15/h3-7,9,13-14,19H,8,10-12H2,1-2H3. The van der Waals surface area contributed by atoms with Crippen molar-refractivity contribution in [1.82, 2.24) is 19.5 Å². The molecule has 1 fully saturated rings. The highest BCUT2D eigenvalue weighted by molar-refractivity contribution is 5.55. The molecule has 29 heavy (non-hydrogen) atoms. The Bertz CT molecular complexity index is 1020. The summed E-state index contributed by atoms with van der Waals surface area (Å²) < 4.78 is 12.9. The van der Waals surface area contributed by atoms with Crippen molar-refractivity contribution in [2.45, 2.75) is 12.5 Å². The number of hydrogen-bond donors (Lipinski definition) is 0. The van der Waals surface area contributed by atoms with Crippen LogP contribution in [0, 0.1) is 0 Å². The molecule has 2 aromatic heterocycles. The fourth-order valence-electron chi connectivity index (χ4n) is 3.44. The summed E-state index contributed by atoms with van der Waals surface area (Å²) in [5, 5.41) is 0. The van der Waals surface area contributed by atoms with Gasteiger partial charge in [0.15, 0.2) is 0 Å². The average Bonchev–Trinajstić information content (AvgIpc) is 3.02. The molecule has 4 rings (SSSR count). The van der Waals surface area contributed by atoms with Crippen LogP contribution in [0.4, 0.5) is 5.95 Å². The summed E-state index contributed by atoms with van der Waals surface area (Å²) in [7, 11) is 3.39. The maximum atomic E-state index is 12.5. The second kappa shape index (κ2) is 8.40. The maximum absolute atomic E-state index is 12.5. The Balaban J connectivity index is 1.57. The van der Waals surface area contributed by atoms with E-state index in [4.69, 9.17) is 14.5 Å². The lowest BCUT2D eigenvalue weighted by atomic mass is 10.1. The van der Waals surface area contributed by atoms with E-state index >= 15 is 0 Å². The van der Waals surface area contributed by atoms with E-state index in [2.05, 4.69) is 14.9 Å². The molecule has 0 aliphatic carbocycles. The van der Waals surface area contributed by atoms with Crippen molar-refractivity contribution < 1.29 is 9.47 Å². The number of rotatable bonds is 4. The number of hydrogen-bond acceptors (Lipinski definition) is 7. The van der Waals surface area contributed by atoms with Gasteiger partial charge in [-0.25, -0.2) is 15.0 Å². The lowest BCUT2D eigenvalue weighted by molar-refractivity contribution is 0.0647. The molecule has 0 saturated carbocycles. The lowest BCUT2D eigenvalue weighted by Crippen LogP contribution is -2.33. The fourth-order valence-corrected chi connectivity index (χ4v) is 3.44. The highest BCUT2D eigenvalue weighted by Gasteiger charge is 2.22. The minimum absolute atomic E-state index is 0.00650. The molecular formula is C21H23N5O3. The highest BCUT2D eigenvalue weighted by atomic mass is 16.5. The van der Waals surface area contributed by atoms with Crippen molar-refractivity contribution in [1.29, 1.82) is 0 Å². The van der Waals surface area contributed by atoms with Crippen LogP contribution in [-0.4, -0.2) is 46.3 Å². The van der Waals surface area contributed by atoms with E-state index in [1.807, 2.05) is 24.3 Å². The summed E-state index contributed by atoms with van der Waals surface area (Å²) in [4.78, 5) is 27.5. The molecule has 1 aliphatic heterocycles. The number of ether oxygens (including phenoxy) is 2. The van der Waals surface area contributed by atoms with Gasteiger partial charge in [-0.2, -0.15) is 0 Å². The molecule has 8 nitrogen and oxygen atoms in total. The SMILES string of the molecule is COc1ccc(C2CCN(c3nc(-c4ccncn4)cc(=O)n3C)CCO2)cc1. The molecule has 3 aromatic rings. The summed E-state index contributed by atoms with van der Waals surface area (Å²) in [6.07, 6.45) is 3.88. The molecule has 1 aliphatic rings. The van der Waals surface area contributed by atoms with Gasteiger partial charge in [0.25, 0.3) is 5.56 Å². The third-order valence-electron chi connectivity index (χ3n) is 5.07. The summed E-state index contributed by atoms with van der Waals surface area (Å²) >= 11 is 0. The number of nitrogens with zero attached hydrogens (tertiary/aromatic N) is 5. The molecule has 0 amide bonds. The Morgan fingerprint density at radius 3 is 2.69 bits per heavy atom. The second-order valence-electron chi connectivity index (χ2n) is 6.84. The van der Waals surface area contributed by atoms with Gasteiger partial charge in [0, 0.05) is 32.4 Å². The normalized spacial score (nSPS) is 17.0. The van der Waals surface area contributed by atoms with Gasteiger partial charge in [0.1, 0.15) is 12.1 Å². The Labute approximate surface area is 168 Å². The molecule has 3 heterocycles. The Hall–Kier alpha value is -3.26. The molecule has 150 valence electrons. The molecule has 0 spiro atoms. The first kappa shape index (κ1) is 19.1. The molecular weight excluding hydrogens is 370 g/mol. The third-order valence-corrected chi connectivity index (χ3v) is 5.07. The van der Waals surface area contributed by atoms with Gasteiger partial charge in [0.2, 0.25) is 5.95 Å². The first-order valence-corrected chi connectivity index (χ1v) is 9.50. The third kappa shape index (κ3) is 4.12. The zero-order valence-electron chi connectivity index (χ0n) is 16.5. The molecule has 1 aromatic carbocycles. The van der Waals surface area contributed by atoms with Gasteiger partial charge in [-0.1, -0.05) is 12.1 Å². The fraction of sp³-hybridized carbons (Fsp3) is 0.333. The van der Waals surface area contributed by atoms with Crippen molar-refractivity contribution >= 4 is 5.95 Å². The van der Waals surface area contributed by atoms with E-state index in [-0.39, 0.29) is 11.7 Å². The van der Waals surface area contributed by atoms with Crippen molar-refractivity contribution in [3.63, 3.8) is 0 Å². The van der Waals surface area contributed by atoms with Crippen molar-refractivity contribution in [2.75, 3.05) is 31.7 Å². The van der Waals surface area contributed by atoms with Gasteiger partial charge in [-0.3, -0.25) is 9.36 Å². The second-order valence-corrected chi connectivity index (χ2v) is 6.84. The highest BCUT2D eigenvalue weighted by Crippen LogP contribution is 2.27. The minimum Gasteiger partial charge on any atom is -0.497 e. The van der Waals surface area contributed by atoms with Crippen molar-refractivity contribution in [3.8, 4) is 17.1 Å². The van der Waals surface area contributed by atoms with Gasteiger partial charge < -0.3 is 14.4 Å². The van der Waals surface area contributed by atoms with E-state index in [0.717, 1.165) is 24.3 Å². The Kier molecular flexibility index (Phi) is 5.53. The molecule has 1 atom stereocenters. The summed E-state index contributed by atoms with van der Waals surface area (Å²) in [5.41, 5.74) is 2.16. The van der Waals surface area contributed by atoms with Gasteiger partial charge >= 0.3 is 0 Å². The van der Waals surface area contributed by atoms with Crippen LogP contribution in [0.3, 0.4) is 0 Å². The maximum Gasteiger partial charge on any atom is 0.255 e. The Morgan fingerprint density at radius 1 is 1.14 bits per heavy atom. The number of methoxy groups -OCH3 is 1. The van der Waals surface area contributed by atoms with Crippen LogP contribution in [0.25, 0.3) is 11.4 Å². The van der Waals surface area contributed by atoms with Crippen LogP contribution in [0.5, 0.6) is 5.75 Å². The molecule has 1 unspecified atom stereocenters. The number of aromatic nitrogens is 4. The zero-order valence-corrected chi connectivity index (χ0v) is 16.5. The lowest BCUT2D eigenvalue weighted by Gasteiger charge is -2.23. The summed E-state index contributed by atoms with van der Waals surface area (Å²) in [6, 6.07) is 11.2. The van der Waals surface area contributed by atoms with E-state index in [9.17, 15) is 4.79 Å². The Morgan fingerprint density at radius 2 is 1.97 bits per heavy atom. The van der Waals surface area contributed by atoms with E-state index in [1.165, 1.54) is 12.4 Å².